The van der Waals surface area contributed by atoms with Gasteiger partial charge in [-0.05, 0) is 31.0 Å². The van der Waals surface area contributed by atoms with E-state index in [1.165, 1.54) is 11.3 Å². The summed E-state index contributed by atoms with van der Waals surface area (Å²) in [4.78, 5) is 22.4. The number of halogens is 2. The first-order valence-corrected chi connectivity index (χ1v) is 9.59. The molecule has 0 spiro atoms. The number of amides is 1. The highest BCUT2D eigenvalue weighted by Gasteiger charge is 2.26. The lowest BCUT2D eigenvalue weighted by Gasteiger charge is -2.10. The first-order chi connectivity index (χ1) is 12.5. The predicted molar refractivity (Wildman–Crippen MR) is 107 cm³/mol. The minimum Gasteiger partial charge on any atom is -0.397 e. The fourth-order valence-corrected chi connectivity index (χ4v) is 4.19. The molecule has 1 aromatic carbocycles. The Labute approximate surface area is 163 Å². The van der Waals surface area contributed by atoms with Crippen LogP contribution in [0.2, 0.25) is 10.0 Å². The molecule has 0 saturated heterocycles. The number of nitrogens with two attached hydrogens (primary N) is 1. The smallest absolute Gasteiger partial charge is 0.263 e. The molecule has 0 aliphatic heterocycles. The molecule has 1 amide bonds. The van der Waals surface area contributed by atoms with Gasteiger partial charge in [-0.1, -0.05) is 23.2 Å². The summed E-state index contributed by atoms with van der Waals surface area (Å²) in [7, 11) is 1.56. The molecule has 2 heterocycles. The van der Waals surface area contributed by atoms with Gasteiger partial charge < -0.3 is 16.4 Å². The zero-order chi connectivity index (χ0) is 18.4. The van der Waals surface area contributed by atoms with Gasteiger partial charge >= 0.3 is 0 Å². The number of nitrogens with zero attached hydrogens (tertiary/aromatic N) is 2. The SMILES string of the molecule is CNC(=O)c1sc2nc(NC3CC3)nc(-c3ccc(Cl)cc3Cl)c2c1N. The van der Waals surface area contributed by atoms with E-state index in [0.717, 1.165) is 12.8 Å². The Bertz CT molecular complexity index is 1030. The quantitative estimate of drug-likeness (QED) is 0.602. The van der Waals surface area contributed by atoms with Gasteiger partial charge in [0.05, 0.1) is 21.8 Å². The van der Waals surface area contributed by atoms with Gasteiger partial charge in [0.25, 0.3) is 5.91 Å². The third kappa shape index (κ3) is 3.06. The summed E-state index contributed by atoms with van der Waals surface area (Å²) in [6.45, 7) is 0. The number of thiophene rings is 1. The molecule has 0 bridgehead atoms. The highest BCUT2D eigenvalue weighted by atomic mass is 35.5. The van der Waals surface area contributed by atoms with Crippen molar-refractivity contribution in [2.24, 2.45) is 0 Å². The van der Waals surface area contributed by atoms with Crippen molar-refractivity contribution in [1.82, 2.24) is 15.3 Å². The average molecular weight is 408 g/mol. The van der Waals surface area contributed by atoms with E-state index < -0.39 is 0 Å². The number of anilines is 2. The van der Waals surface area contributed by atoms with Crippen molar-refractivity contribution in [2.75, 3.05) is 18.1 Å². The maximum absolute atomic E-state index is 12.1. The lowest BCUT2D eigenvalue weighted by Crippen LogP contribution is -2.17. The molecule has 9 heteroatoms. The Morgan fingerprint density at radius 3 is 2.73 bits per heavy atom. The van der Waals surface area contributed by atoms with Crippen molar-refractivity contribution in [3.8, 4) is 11.3 Å². The van der Waals surface area contributed by atoms with Gasteiger partial charge in [-0.25, -0.2) is 9.97 Å². The van der Waals surface area contributed by atoms with Crippen molar-refractivity contribution in [3.63, 3.8) is 0 Å². The van der Waals surface area contributed by atoms with Gasteiger partial charge in [0.2, 0.25) is 5.95 Å². The molecule has 0 radical (unpaired) electrons. The van der Waals surface area contributed by atoms with Crippen LogP contribution in [0.1, 0.15) is 22.5 Å². The molecular weight excluding hydrogens is 393 g/mol. The molecule has 1 saturated carbocycles. The fraction of sp³-hybridized carbons (Fsp3) is 0.235. The standard InChI is InChI=1S/C17H15Cl2N5OS/c1-21-15(25)14-12(20)11-13(9-5-2-7(18)6-10(9)19)23-17(22-8-3-4-8)24-16(11)26-14/h2,5-6,8H,3-4,20H2,1H3,(H,21,25)(H,22,23,24). The zero-order valence-electron chi connectivity index (χ0n) is 13.8. The van der Waals surface area contributed by atoms with Crippen molar-refractivity contribution >= 4 is 62.3 Å². The van der Waals surface area contributed by atoms with Crippen LogP contribution in [-0.4, -0.2) is 29.0 Å². The van der Waals surface area contributed by atoms with E-state index in [9.17, 15) is 4.79 Å². The second kappa shape index (κ2) is 6.57. The second-order valence-corrected chi connectivity index (χ2v) is 7.89. The largest absolute Gasteiger partial charge is 0.397 e. The molecule has 1 aliphatic carbocycles. The third-order valence-corrected chi connectivity index (χ3v) is 5.76. The van der Waals surface area contributed by atoms with Gasteiger partial charge in [0, 0.05) is 23.7 Å². The molecule has 0 atom stereocenters. The molecule has 6 nitrogen and oxygen atoms in total. The maximum atomic E-state index is 12.1. The van der Waals surface area contributed by atoms with E-state index in [2.05, 4.69) is 20.6 Å². The second-order valence-electron chi connectivity index (χ2n) is 6.04. The van der Waals surface area contributed by atoms with Crippen LogP contribution in [0.25, 0.3) is 21.5 Å². The number of nitrogen functional groups attached to an aromatic ring is 1. The lowest BCUT2D eigenvalue weighted by atomic mass is 10.1. The first-order valence-electron chi connectivity index (χ1n) is 8.02. The predicted octanol–water partition coefficient (Wildman–Crippen LogP) is 4.18. The number of hydrogen-bond acceptors (Lipinski definition) is 6. The lowest BCUT2D eigenvalue weighted by molar-refractivity contribution is 0.0968. The molecule has 0 unspecified atom stereocenters. The summed E-state index contributed by atoms with van der Waals surface area (Å²) < 4.78 is 0. The van der Waals surface area contributed by atoms with Gasteiger partial charge in [-0.15, -0.1) is 11.3 Å². The van der Waals surface area contributed by atoms with E-state index in [1.807, 2.05) is 0 Å². The summed E-state index contributed by atoms with van der Waals surface area (Å²) in [5.74, 6) is 0.251. The number of hydrogen-bond donors (Lipinski definition) is 3. The molecule has 4 rings (SSSR count). The third-order valence-electron chi connectivity index (χ3n) is 4.12. The normalized spacial score (nSPS) is 13.8. The first kappa shape index (κ1) is 17.3. The zero-order valence-corrected chi connectivity index (χ0v) is 16.1. The van der Waals surface area contributed by atoms with Gasteiger partial charge in [-0.3, -0.25) is 4.79 Å². The molecule has 4 N–H and O–H groups in total. The molecule has 2 aromatic heterocycles. The summed E-state index contributed by atoms with van der Waals surface area (Å²) in [5.41, 5.74) is 7.90. The Hall–Kier alpha value is -2.09. The van der Waals surface area contributed by atoms with Crippen molar-refractivity contribution in [2.45, 2.75) is 18.9 Å². The highest BCUT2D eigenvalue weighted by molar-refractivity contribution is 7.21. The highest BCUT2D eigenvalue weighted by Crippen LogP contribution is 2.41. The van der Waals surface area contributed by atoms with Crippen LogP contribution in [0.3, 0.4) is 0 Å². The molecule has 134 valence electrons. The van der Waals surface area contributed by atoms with Crippen LogP contribution in [0, 0.1) is 0 Å². The number of nitrogens with one attached hydrogen (secondary N) is 2. The Kier molecular flexibility index (Phi) is 4.38. The van der Waals surface area contributed by atoms with Crippen molar-refractivity contribution in [3.05, 3.63) is 33.1 Å². The monoisotopic (exact) mass is 407 g/mol. The number of rotatable bonds is 4. The van der Waals surface area contributed by atoms with Crippen LogP contribution >= 0.6 is 34.5 Å². The van der Waals surface area contributed by atoms with Crippen LogP contribution < -0.4 is 16.4 Å². The maximum Gasteiger partial charge on any atom is 0.263 e. The number of benzene rings is 1. The Morgan fingerprint density at radius 1 is 1.31 bits per heavy atom. The minimum absolute atomic E-state index is 0.254. The molecular formula is C17H15Cl2N5OS. The van der Waals surface area contributed by atoms with E-state index in [-0.39, 0.29) is 5.91 Å². The number of carbonyl (C=O) groups excluding carboxylic acids is 1. The van der Waals surface area contributed by atoms with Crippen LogP contribution in [-0.2, 0) is 0 Å². The van der Waals surface area contributed by atoms with Crippen molar-refractivity contribution < 1.29 is 4.79 Å². The minimum atomic E-state index is -0.254. The molecule has 1 fully saturated rings. The van der Waals surface area contributed by atoms with Crippen LogP contribution in [0.5, 0.6) is 0 Å². The van der Waals surface area contributed by atoms with Crippen molar-refractivity contribution in [1.29, 1.82) is 0 Å². The van der Waals surface area contributed by atoms with E-state index in [1.54, 1.807) is 25.2 Å². The summed E-state index contributed by atoms with van der Waals surface area (Å²) in [6, 6.07) is 5.58. The van der Waals surface area contributed by atoms with Gasteiger partial charge in [0.1, 0.15) is 9.71 Å². The number of aromatic nitrogens is 2. The van der Waals surface area contributed by atoms with E-state index in [0.29, 0.717) is 54.1 Å². The number of fused-ring (bicyclic) bond motifs is 1. The fourth-order valence-electron chi connectivity index (χ4n) is 2.66. The van der Waals surface area contributed by atoms with Gasteiger partial charge in [0.15, 0.2) is 0 Å². The number of carbonyl (C=O) groups is 1. The van der Waals surface area contributed by atoms with E-state index in [4.69, 9.17) is 28.9 Å². The van der Waals surface area contributed by atoms with Crippen LogP contribution in [0.15, 0.2) is 18.2 Å². The van der Waals surface area contributed by atoms with Gasteiger partial charge in [-0.2, -0.15) is 0 Å². The molecule has 26 heavy (non-hydrogen) atoms. The van der Waals surface area contributed by atoms with Crippen LogP contribution in [0.4, 0.5) is 11.6 Å². The Balaban J connectivity index is 1.98. The Morgan fingerprint density at radius 2 is 2.08 bits per heavy atom. The summed E-state index contributed by atoms with van der Waals surface area (Å²) >= 11 is 13.7. The summed E-state index contributed by atoms with van der Waals surface area (Å²) in [5, 5.41) is 7.51. The van der Waals surface area contributed by atoms with E-state index >= 15 is 0 Å². The summed E-state index contributed by atoms with van der Waals surface area (Å²) in [6.07, 6.45) is 2.18. The topological polar surface area (TPSA) is 92.9 Å². The molecule has 3 aromatic rings. The average Bonchev–Trinajstić information content (AvgIpc) is 3.35. The molecule has 1 aliphatic rings.